The molecule has 1 unspecified atom stereocenters. The molecule has 1 aliphatic rings. The molecule has 0 aliphatic heterocycles. The SMILES string of the molecule is COC(=O)C(Cc1ccc(C)cc1)NC(=O)C1(Cc2ccccc2)CCCC1. The number of methoxy groups -OCH3 is 1. The number of aryl methyl sites for hydroxylation is 1. The summed E-state index contributed by atoms with van der Waals surface area (Å²) in [7, 11) is 1.37. The number of rotatable bonds is 7. The molecule has 1 saturated carbocycles. The van der Waals surface area contributed by atoms with Crippen LogP contribution in [0.15, 0.2) is 54.6 Å². The maximum Gasteiger partial charge on any atom is 0.328 e. The third-order valence-corrected chi connectivity index (χ3v) is 5.78. The van der Waals surface area contributed by atoms with Gasteiger partial charge in [0, 0.05) is 6.42 Å². The van der Waals surface area contributed by atoms with Crippen LogP contribution in [0.5, 0.6) is 0 Å². The Bertz CT molecular complexity index is 792. The maximum atomic E-state index is 13.3. The van der Waals surface area contributed by atoms with Gasteiger partial charge >= 0.3 is 5.97 Å². The van der Waals surface area contributed by atoms with Crippen LogP contribution in [0.4, 0.5) is 0 Å². The molecule has 0 aromatic heterocycles. The van der Waals surface area contributed by atoms with E-state index in [9.17, 15) is 9.59 Å². The Kier molecular flexibility index (Phi) is 6.50. The van der Waals surface area contributed by atoms with Gasteiger partial charge in [-0.3, -0.25) is 4.79 Å². The van der Waals surface area contributed by atoms with Gasteiger partial charge in [0.25, 0.3) is 0 Å². The fourth-order valence-electron chi connectivity index (χ4n) is 4.13. The van der Waals surface area contributed by atoms with Gasteiger partial charge in [0.05, 0.1) is 12.5 Å². The lowest BCUT2D eigenvalue weighted by Crippen LogP contribution is -2.49. The number of nitrogens with one attached hydrogen (secondary N) is 1. The molecule has 2 aromatic rings. The van der Waals surface area contributed by atoms with Crippen molar-refractivity contribution in [3.8, 4) is 0 Å². The number of carbonyl (C=O) groups excluding carboxylic acids is 2. The van der Waals surface area contributed by atoms with Crippen LogP contribution in [0.3, 0.4) is 0 Å². The lowest BCUT2D eigenvalue weighted by atomic mass is 9.79. The molecule has 3 rings (SSSR count). The van der Waals surface area contributed by atoms with Gasteiger partial charge in [-0.15, -0.1) is 0 Å². The highest BCUT2D eigenvalue weighted by atomic mass is 16.5. The molecular weight excluding hydrogens is 350 g/mol. The molecule has 1 N–H and O–H groups in total. The normalized spacial score (nSPS) is 16.4. The summed E-state index contributed by atoms with van der Waals surface area (Å²) in [4.78, 5) is 25.7. The molecule has 2 aromatic carbocycles. The van der Waals surface area contributed by atoms with Crippen molar-refractivity contribution in [2.75, 3.05) is 7.11 Å². The van der Waals surface area contributed by atoms with Crippen LogP contribution < -0.4 is 5.32 Å². The Balaban J connectivity index is 1.76. The zero-order valence-corrected chi connectivity index (χ0v) is 16.7. The Morgan fingerprint density at radius 2 is 1.64 bits per heavy atom. The minimum absolute atomic E-state index is 0.0311. The molecule has 0 bridgehead atoms. The van der Waals surface area contributed by atoms with E-state index in [1.807, 2.05) is 49.4 Å². The second-order valence-corrected chi connectivity index (χ2v) is 7.89. The Morgan fingerprint density at radius 1 is 1.00 bits per heavy atom. The lowest BCUT2D eigenvalue weighted by molar-refractivity contribution is -0.146. The van der Waals surface area contributed by atoms with Gasteiger partial charge in [-0.1, -0.05) is 73.0 Å². The molecule has 4 heteroatoms. The topological polar surface area (TPSA) is 55.4 Å². The van der Waals surface area contributed by atoms with E-state index < -0.39 is 17.4 Å². The molecule has 1 fully saturated rings. The standard InChI is InChI=1S/C24H29NO3/c1-18-10-12-19(13-11-18)16-21(22(26)28-2)25-23(27)24(14-6-7-15-24)17-20-8-4-3-5-9-20/h3-5,8-13,21H,6-7,14-17H2,1-2H3,(H,25,27). The lowest BCUT2D eigenvalue weighted by Gasteiger charge is -2.30. The highest BCUT2D eigenvalue weighted by Gasteiger charge is 2.42. The van der Waals surface area contributed by atoms with E-state index in [1.165, 1.54) is 7.11 Å². The molecular formula is C24H29NO3. The van der Waals surface area contributed by atoms with E-state index in [2.05, 4.69) is 17.4 Å². The Labute approximate surface area is 167 Å². The van der Waals surface area contributed by atoms with Gasteiger partial charge in [-0.2, -0.15) is 0 Å². The second kappa shape index (κ2) is 9.05. The van der Waals surface area contributed by atoms with Crippen LogP contribution >= 0.6 is 0 Å². The van der Waals surface area contributed by atoms with Crippen molar-refractivity contribution in [3.63, 3.8) is 0 Å². The first kappa shape index (κ1) is 20.1. The fourth-order valence-corrected chi connectivity index (χ4v) is 4.13. The molecule has 0 radical (unpaired) electrons. The van der Waals surface area contributed by atoms with Crippen molar-refractivity contribution < 1.29 is 14.3 Å². The number of hydrogen-bond donors (Lipinski definition) is 1. The summed E-state index contributed by atoms with van der Waals surface area (Å²) in [5.74, 6) is -0.432. The minimum Gasteiger partial charge on any atom is -0.467 e. The van der Waals surface area contributed by atoms with Crippen LogP contribution in [0.2, 0.25) is 0 Å². The maximum absolute atomic E-state index is 13.3. The van der Waals surface area contributed by atoms with Gasteiger partial charge in [0.1, 0.15) is 6.04 Å². The number of esters is 1. The van der Waals surface area contributed by atoms with Crippen molar-refractivity contribution in [3.05, 3.63) is 71.3 Å². The van der Waals surface area contributed by atoms with Crippen molar-refractivity contribution >= 4 is 11.9 Å². The average Bonchev–Trinajstić information content (AvgIpc) is 3.19. The van der Waals surface area contributed by atoms with Crippen molar-refractivity contribution in [2.45, 2.75) is 51.5 Å². The molecule has 1 aliphatic carbocycles. The van der Waals surface area contributed by atoms with Crippen molar-refractivity contribution in [2.24, 2.45) is 5.41 Å². The monoisotopic (exact) mass is 379 g/mol. The van der Waals surface area contributed by atoms with Gasteiger partial charge < -0.3 is 10.1 Å². The summed E-state index contributed by atoms with van der Waals surface area (Å²) in [6.07, 6.45) is 4.93. The van der Waals surface area contributed by atoms with Gasteiger partial charge in [-0.05, 0) is 37.3 Å². The molecule has 0 saturated heterocycles. The van der Waals surface area contributed by atoms with Crippen LogP contribution in [0.25, 0.3) is 0 Å². The smallest absolute Gasteiger partial charge is 0.328 e. The Hall–Kier alpha value is -2.62. The van der Waals surface area contributed by atoms with Crippen molar-refractivity contribution in [1.82, 2.24) is 5.32 Å². The van der Waals surface area contributed by atoms with Crippen LogP contribution in [0, 0.1) is 12.3 Å². The quantitative estimate of drug-likeness (QED) is 0.740. The van der Waals surface area contributed by atoms with E-state index in [4.69, 9.17) is 4.74 Å². The summed E-state index contributed by atoms with van der Waals surface area (Å²) in [5.41, 5.74) is 2.88. The Morgan fingerprint density at radius 3 is 2.25 bits per heavy atom. The number of benzene rings is 2. The summed E-state index contributed by atoms with van der Waals surface area (Å²) >= 11 is 0. The fraction of sp³-hybridized carbons (Fsp3) is 0.417. The number of amides is 1. The molecule has 4 nitrogen and oxygen atoms in total. The van der Waals surface area contributed by atoms with Gasteiger partial charge in [0.2, 0.25) is 5.91 Å². The van der Waals surface area contributed by atoms with E-state index >= 15 is 0 Å². The molecule has 148 valence electrons. The zero-order chi connectivity index (χ0) is 20.0. The third-order valence-electron chi connectivity index (χ3n) is 5.78. The van der Waals surface area contributed by atoms with Gasteiger partial charge in [0.15, 0.2) is 0 Å². The molecule has 1 atom stereocenters. The van der Waals surface area contributed by atoms with Crippen LogP contribution in [-0.4, -0.2) is 25.0 Å². The molecule has 1 amide bonds. The van der Waals surface area contributed by atoms with Crippen LogP contribution in [0.1, 0.15) is 42.4 Å². The summed E-state index contributed by atoms with van der Waals surface area (Å²) < 4.78 is 4.97. The highest BCUT2D eigenvalue weighted by Crippen LogP contribution is 2.41. The van der Waals surface area contributed by atoms with E-state index in [-0.39, 0.29) is 5.91 Å². The number of carbonyl (C=O) groups is 2. The first-order chi connectivity index (χ1) is 13.5. The van der Waals surface area contributed by atoms with E-state index in [1.54, 1.807) is 0 Å². The van der Waals surface area contributed by atoms with Crippen molar-refractivity contribution in [1.29, 1.82) is 0 Å². The van der Waals surface area contributed by atoms with E-state index in [0.29, 0.717) is 12.8 Å². The molecule has 28 heavy (non-hydrogen) atoms. The number of ether oxygens (including phenoxy) is 1. The number of hydrogen-bond acceptors (Lipinski definition) is 3. The molecule has 0 spiro atoms. The summed E-state index contributed by atoms with van der Waals surface area (Å²) in [6.45, 7) is 2.02. The summed E-state index contributed by atoms with van der Waals surface area (Å²) in [6, 6.07) is 17.5. The average molecular weight is 380 g/mol. The minimum atomic E-state index is -0.673. The summed E-state index contributed by atoms with van der Waals surface area (Å²) in [5, 5.41) is 3.02. The first-order valence-electron chi connectivity index (χ1n) is 10.0. The largest absolute Gasteiger partial charge is 0.467 e. The predicted octanol–water partition coefficient (Wildman–Crippen LogP) is 4.00. The second-order valence-electron chi connectivity index (χ2n) is 7.89. The van der Waals surface area contributed by atoms with Gasteiger partial charge in [-0.25, -0.2) is 4.79 Å². The van der Waals surface area contributed by atoms with Crippen LogP contribution in [-0.2, 0) is 27.2 Å². The predicted molar refractivity (Wildman–Crippen MR) is 110 cm³/mol. The first-order valence-corrected chi connectivity index (χ1v) is 10.0. The zero-order valence-electron chi connectivity index (χ0n) is 16.7. The van der Waals surface area contributed by atoms with E-state index in [0.717, 1.165) is 42.4 Å². The third kappa shape index (κ3) is 4.80. The molecule has 0 heterocycles. The highest BCUT2D eigenvalue weighted by molar-refractivity contribution is 5.88.